The first-order valence-electron chi connectivity index (χ1n) is 13.9. The monoisotopic (exact) mass is 554 g/mol. The van der Waals surface area contributed by atoms with Crippen LogP contribution in [-0.4, -0.2) is 72.7 Å². The Hall–Kier alpha value is -2.86. The summed E-state index contributed by atoms with van der Waals surface area (Å²) in [5, 5.41) is 12.3. The minimum absolute atomic E-state index is 0.0152. The van der Waals surface area contributed by atoms with Gasteiger partial charge in [0.1, 0.15) is 0 Å². The first-order valence-corrected chi connectivity index (χ1v) is 13.9. The van der Waals surface area contributed by atoms with Crippen LogP contribution < -0.4 is 5.32 Å². The molecule has 1 spiro atoms. The topological polar surface area (TPSA) is 116 Å². The van der Waals surface area contributed by atoms with Crippen LogP contribution in [0.15, 0.2) is 48.5 Å². The number of hydrogen-bond acceptors (Lipinski definition) is 9. The standard InChI is InChI=1S/C30H38N2O8/c1-20(38-21(2)34)28(35)31-25-5-3-4-24(16-25)29-39-26(17-27(40-29)23-8-6-22(19-33)7-9-23)18-32-12-10-30(11-13-32)36-14-15-37-30/h3-9,16,20,26-27,29,33H,10-15,17-19H2,1-2H3,(H,31,35)/t20-,26-,27+,29+/m0/s1. The molecule has 2 aromatic rings. The molecule has 4 atom stereocenters. The number of carbonyl (C=O) groups is 2. The van der Waals surface area contributed by atoms with E-state index in [4.69, 9.17) is 23.7 Å². The lowest BCUT2D eigenvalue weighted by atomic mass is 9.98. The quantitative estimate of drug-likeness (QED) is 0.474. The smallest absolute Gasteiger partial charge is 0.303 e. The highest BCUT2D eigenvalue weighted by molar-refractivity contribution is 5.95. The third kappa shape index (κ3) is 7.06. The van der Waals surface area contributed by atoms with Gasteiger partial charge in [-0.05, 0) is 30.2 Å². The summed E-state index contributed by atoms with van der Waals surface area (Å²) in [4.78, 5) is 26.1. The number of ether oxygens (including phenoxy) is 5. The number of hydrogen-bond donors (Lipinski definition) is 2. The molecule has 3 saturated heterocycles. The molecule has 2 aromatic carbocycles. The number of aliphatic hydroxyl groups excluding tert-OH is 1. The summed E-state index contributed by atoms with van der Waals surface area (Å²) in [6, 6.07) is 15.1. The number of likely N-dealkylation sites (tertiary alicyclic amines) is 1. The number of nitrogens with one attached hydrogen (secondary N) is 1. The van der Waals surface area contributed by atoms with E-state index in [1.807, 2.05) is 42.5 Å². The molecule has 3 aliphatic heterocycles. The summed E-state index contributed by atoms with van der Waals surface area (Å²) in [7, 11) is 0. The van der Waals surface area contributed by atoms with Gasteiger partial charge in [-0.25, -0.2) is 0 Å². The molecule has 2 N–H and O–H groups in total. The molecule has 40 heavy (non-hydrogen) atoms. The predicted octanol–water partition coefficient (Wildman–Crippen LogP) is 3.45. The van der Waals surface area contributed by atoms with Crippen molar-refractivity contribution in [2.45, 2.75) is 70.1 Å². The molecule has 10 heteroatoms. The maximum atomic E-state index is 12.5. The number of esters is 1. The Labute approximate surface area is 234 Å². The third-order valence-electron chi connectivity index (χ3n) is 7.65. The summed E-state index contributed by atoms with van der Waals surface area (Å²) in [6.45, 7) is 6.57. The lowest BCUT2D eigenvalue weighted by molar-refractivity contribution is -0.255. The number of nitrogens with zero attached hydrogens (tertiary/aromatic N) is 1. The zero-order valence-corrected chi connectivity index (χ0v) is 23.0. The third-order valence-corrected chi connectivity index (χ3v) is 7.65. The molecule has 0 saturated carbocycles. The normalized spacial score (nSPS) is 25.4. The molecule has 0 aliphatic carbocycles. The number of carbonyl (C=O) groups excluding carboxylic acids is 2. The van der Waals surface area contributed by atoms with Crippen LogP contribution in [0.3, 0.4) is 0 Å². The van der Waals surface area contributed by atoms with Crippen LogP contribution in [0.4, 0.5) is 5.69 Å². The minimum atomic E-state index is -0.914. The highest BCUT2D eigenvalue weighted by atomic mass is 16.7. The molecule has 3 aliphatic rings. The van der Waals surface area contributed by atoms with E-state index in [1.54, 1.807) is 6.07 Å². The summed E-state index contributed by atoms with van der Waals surface area (Å²) >= 11 is 0. The van der Waals surface area contributed by atoms with Crippen LogP contribution in [-0.2, 0) is 39.9 Å². The predicted molar refractivity (Wildman–Crippen MR) is 145 cm³/mol. The van der Waals surface area contributed by atoms with Gasteiger partial charge in [0.05, 0.1) is 32.0 Å². The number of anilines is 1. The maximum absolute atomic E-state index is 12.5. The second-order valence-electron chi connectivity index (χ2n) is 10.6. The highest BCUT2D eigenvalue weighted by Gasteiger charge is 2.41. The Morgan fingerprint density at radius 1 is 1.07 bits per heavy atom. The Bertz CT molecular complexity index is 1160. The summed E-state index contributed by atoms with van der Waals surface area (Å²) < 4.78 is 29.7. The van der Waals surface area contributed by atoms with E-state index in [0.29, 0.717) is 25.3 Å². The number of benzene rings is 2. The molecular formula is C30H38N2O8. The van der Waals surface area contributed by atoms with Gasteiger partial charge in [-0.3, -0.25) is 9.59 Å². The zero-order valence-electron chi connectivity index (χ0n) is 23.0. The second-order valence-corrected chi connectivity index (χ2v) is 10.6. The molecule has 0 radical (unpaired) electrons. The molecule has 0 unspecified atom stereocenters. The van der Waals surface area contributed by atoms with Crippen LogP contribution >= 0.6 is 0 Å². The van der Waals surface area contributed by atoms with Crippen LogP contribution in [0, 0.1) is 0 Å². The van der Waals surface area contributed by atoms with Crippen molar-refractivity contribution >= 4 is 17.6 Å². The molecule has 1 amide bonds. The van der Waals surface area contributed by atoms with Crippen molar-refractivity contribution in [3.8, 4) is 0 Å². The molecule has 3 heterocycles. The number of rotatable bonds is 8. The lowest BCUT2D eigenvalue weighted by Crippen LogP contribution is -2.48. The first-order chi connectivity index (χ1) is 19.3. The number of amides is 1. The average Bonchev–Trinajstić information content (AvgIpc) is 3.42. The van der Waals surface area contributed by atoms with Gasteiger partial charge in [0.15, 0.2) is 18.2 Å². The van der Waals surface area contributed by atoms with Crippen molar-refractivity contribution in [2.24, 2.45) is 0 Å². The van der Waals surface area contributed by atoms with Crippen molar-refractivity contribution in [2.75, 3.05) is 38.2 Å². The van der Waals surface area contributed by atoms with E-state index >= 15 is 0 Å². The largest absolute Gasteiger partial charge is 0.453 e. The Kier molecular flexibility index (Phi) is 9.14. The van der Waals surface area contributed by atoms with Gasteiger partial charge in [-0.1, -0.05) is 36.4 Å². The highest BCUT2D eigenvalue weighted by Crippen LogP contribution is 2.39. The molecular weight excluding hydrogens is 516 g/mol. The van der Waals surface area contributed by atoms with E-state index in [9.17, 15) is 14.7 Å². The fourth-order valence-corrected chi connectivity index (χ4v) is 5.49. The van der Waals surface area contributed by atoms with Crippen molar-refractivity contribution in [1.29, 1.82) is 0 Å². The van der Waals surface area contributed by atoms with Crippen molar-refractivity contribution in [3.63, 3.8) is 0 Å². The number of aliphatic hydroxyl groups is 1. The molecule has 3 fully saturated rings. The molecule has 10 nitrogen and oxygen atoms in total. The molecule has 216 valence electrons. The Morgan fingerprint density at radius 2 is 1.80 bits per heavy atom. The molecule has 0 bridgehead atoms. The van der Waals surface area contributed by atoms with E-state index in [2.05, 4.69) is 10.2 Å². The number of piperidine rings is 1. The van der Waals surface area contributed by atoms with E-state index < -0.39 is 30.1 Å². The van der Waals surface area contributed by atoms with Gasteiger partial charge in [0.2, 0.25) is 0 Å². The fourth-order valence-electron chi connectivity index (χ4n) is 5.49. The van der Waals surface area contributed by atoms with Crippen molar-refractivity contribution in [1.82, 2.24) is 4.90 Å². The van der Waals surface area contributed by atoms with Gasteiger partial charge in [-0.15, -0.1) is 0 Å². The van der Waals surface area contributed by atoms with Gasteiger partial charge >= 0.3 is 5.97 Å². The van der Waals surface area contributed by atoms with Gasteiger partial charge in [0.25, 0.3) is 5.91 Å². The van der Waals surface area contributed by atoms with Crippen LogP contribution in [0.2, 0.25) is 0 Å². The van der Waals surface area contributed by atoms with Crippen molar-refractivity contribution in [3.05, 3.63) is 65.2 Å². The van der Waals surface area contributed by atoms with Gasteiger partial charge < -0.3 is 39.0 Å². The zero-order chi connectivity index (χ0) is 28.1. The SMILES string of the molecule is CC(=O)O[C@@H](C)C(=O)Nc1cccc([C@@H]2O[C@H](CN3CCC4(CC3)OCCO4)C[C@H](c3ccc(CO)cc3)O2)c1. The van der Waals surface area contributed by atoms with Crippen molar-refractivity contribution < 1.29 is 38.4 Å². The van der Waals surface area contributed by atoms with E-state index in [0.717, 1.165) is 49.2 Å². The van der Waals surface area contributed by atoms with Crippen LogP contribution in [0.5, 0.6) is 0 Å². The summed E-state index contributed by atoms with van der Waals surface area (Å²) in [5.41, 5.74) is 3.18. The summed E-state index contributed by atoms with van der Waals surface area (Å²) in [6.07, 6.45) is 0.474. The van der Waals surface area contributed by atoms with Gasteiger partial charge in [0, 0.05) is 57.1 Å². The lowest BCUT2D eigenvalue weighted by Gasteiger charge is -2.41. The Morgan fingerprint density at radius 3 is 2.48 bits per heavy atom. The first kappa shape index (κ1) is 28.7. The molecule has 0 aromatic heterocycles. The van der Waals surface area contributed by atoms with Crippen LogP contribution in [0.25, 0.3) is 0 Å². The van der Waals surface area contributed by atoms with Crippen LogP contribution in [0.1, 0.15) is 62.2 Å². The average molecular weight is 555 g/mol. The second kappa shape index (κ2) is 12.8. The van der Waals surface area contributed by atoms with E-state index in [-0.39, 0.29) is 18.8 Å². The fraction of sp³-hybridized carbons (Fsp3) is 0.533. The molecule has 5 rings (SSSR count). The summed E-state index contributed by atoms with van der Waals surface area (Å²) in [5.74, 6) is -1.36. The van der Waals surface area contributed by atoms with Gasteiger partial charge in [-0.2, -0.15) is 0 Å². The minimum Gasteiger partial charge on any atom is -0.453 e. The van der Waals surface area contributed by atoms with E-state index in [1.165, 1.54) is 13.8 Å². The Balaban J connectivity index is 1.30. The maximum Gasteiger partial charge on any atom is 0.303 e.